The summed E-state index contributed by atoms with van der Waals surface area (Å²) in [4.78, 5) is 42.2. The number of nitrogens with zero attached hydrogens (tertiary/aromatic N) is 3. The quantitative estimate of drug-likeness (QED) is 0.564. The van der Waals surface area contributed by atoms with Gasteiger partial charge in [0, 0.05) is 19.2 Å². The number of carbonyl (C=O) groups excluding carboxylic acids is 2. The number of hydrogen-bond donors (Lipinski definition) is 0. The summed E-state index contributed by atoms with van der Waals surface area (Å²) < 4.78 is 6.21. The van der Waals surface area contributed by atoms with Crippen LogP contribution in [0.3, 0.4) is 0 Å². The van der Waals surface area contributed by atoms with Crippen molar-refractivity contribution < 1.29 is 14.3 Å². The van der Waals surface area contributed by atoms with Gasteiger partial charge in [-0.05, 0) is 25.5 Å². The molecule has 0 fully saturated rings. The first-order valence-corrected chi connectivity index (χ1v) is 7.48. The van der Waals surface area contributed by atoms with Crippen LogP contribution in [0.25, 0.3) is 5.65 Å². The lowest BCUT2D eigenvalue weighted by Crippen LogP contribution is -2.43. The monoisotopic (exact) mass is 315 g/mol. The van der Waals surface area contributed by atoms with Crippen molar-refractivity contribution >= 4 is 17.5 Å². The van der Waals surface area contributed by atoms with Crippen LogP contribution < -0.4 is 5.56 Å². The standard InChI is InChI=1S/C16H17N3O4/c1-3-23-16(22)15(21)18-8-6-12-11(9-18)14(20)19-7-4-5-10(2)13(19)17-12/h4-5,7H,3,6,8-9H2,1-2H3. The number of esters is 1. The molecule has 3 heterocycles. The highest BCUT2D eigenvalue weighted by atomic mass is 16.5. The lowest BCUT2D eigenvalue weighted by Gasteiger charge is -2.27. The van der Waals surface area contributed by atoms with Gasteiger partial charge in [-0.25, -0.2) is 9.78 Å². The van der Waals surface area contributed by atoms with Gasteiger partial charge in [0.05, 0.1) is 24.4 Å². The van der Waals surface area contributed by atoms with Crippen LogP contribution in [0.5, 0.6) is 0 Å². The minimum atomic E-state index is -0.888. The average Bonchev–Trinajstić information content (AvgIpc) is 2.55. The molecule has 0 aliphatic carbocycles. The van der Waals surface area contributed by atoms with Crippen LogP contribution >= 0.6 is 0 Å². The van der Waals surface area contributed by atoms with E-state index in [1.807, 2.05) is 13.0 Å². The number of aryl methyl sites for hydroxylation is 1. The molecule has 7 nitrogen and oxygen atoms in total. The van der Waals surface area contributed by atoms with E-state index in [-0.39, 0.29) is 18.7 Å². The van der Waals surface area contributed by atoms with Gasteiger partial charge >= 0.3 is 11.9 Å². The molecule has 0 aromatic carbocycles. The molecule has 0 atom stereocenters. The van der Waals surface area contributed by atoms with Crippen molar-refractivity contribution in [3.05, 3.63) is 45.5 Å². The smallest absolute Gasteiger partial charge is 0.397 e. The van der Waals surface area contributed by atoms with E-state index in [0.29, 0.717) is 29.9 Å². The summed E-state index contributed by atoms with van der Waals surface area (Å²) in [5.74, 6) is -1.60. The fourth-order valence-corrected chi connectivity index (χ4v) is 2.75. The molecule has 0 radical (unpaired) electrons. The second-order valence-electron chi connectivity index (χ2n) is 5.42. The molecule has 0 bridgehead atoms. The Labute approximate surface area is 132 Å². The largest absolute Gasteiger partial charge is 0.459 e. The molecular weight excluding hydrogens is 298 g/mol. The predicted molar refractivity (Wildman–Crippen MR) is 82.0 cm³/mol. The Kier molecular flexibility index (Phi) is 3.85. The third-order valence-electron chi connectivity index (χ3n) is 3.93. The number of hydrogen-bond acceptors (Lipinski definition) is 5. The van der Waals surface area contributed by atoms with Gasteiger partial charge in [-0.2, -0.15) is 0 Å². The Morgan fingerprint density at radius 2 is 2.17 bits per heavy atom. The molecule has 7 heteroatoms. The first kappa shape index (κ1) is 15.2. The van der Waals surface area contributed by atoms with Crippen molar-refractivity contribution in [3.8, 4) is 0 Å². The molecule has 2 aromatic heterocycles. The van der Waals surface area contributed by atoms with Crippen LogP contribution in [0.2, 0.25) is 0 Å². The lowest BCUT2D eigenvalue weighted by atomic mass is 10.1. The molecule has 0 N–H and O–H groups in total. The third-order valence-corrected chi connectivity index (χ3v) is 3.93. The van der Waals surface area contributed by atoms with E-state index >= 15 is 0 Å². The predicted octanol–water partition coefficient (Wildman–Crippen LogP) is 0.451. The maximum absolute atomic E-state index is 12.7. The van der Waals surface area contributed by atoms with Crippen LogP contribution in [0.15, 0.2) is 23.1 Å². The maximum Gasteiger partial charge on any atom is 0.397 e. The zero-order valence-corrected chi connectivity index (χ0v) is 13.0. The normalized spacial score (nSPS) is 13.7. The van der Waals surface area contributed by atoms with E-state index in [2.05, 4.69) is 4.98 Å². The summed E-state index contributed by atoms with van der Waals surface area (Å²) >= 11 is 0. The van der Waals surface area contributed by atoms with E-state index in [0.717, 1.165) is 5.56 Å². The molecule has 0 saturated heterocycles. The van der Waals surface area contributed by atoms with Gasteiger partial charge in [-0.15, -0.1) is 0 Å². The SMILES string of the molecule is CCOC(=O)C(=O)N1CCc2nc3c(C)cccn3c(=O)c2C1. The van der Waals surface area contributed by atoms with Gasteiger partial charge in [-0.1, -0.05) is 6.07 Å². The average molecular weight is 315 g/mol. The fraction of sp³-hybridized carbons (Fsp3) is 0.375. The molecule has 0 unspecified atom stereocenters. The van der Waals surface area contributed by atoms with Gasteiger partial charge < -0.3 is 9.64 Å². The summed E-state index contributed by atoms with van der Waals surface area (Å²) in [7, 11) is 0. The molecule has 1 aliphatic heterocycles. The number of aromatic nitrogens is 2. The zero-order chi connectivity index (χ0) is 16.6. The zero-order valence-electron chi connectivity index (χ0n) is 13.0. The minimum absolute atomic E-state index is 0.0791. The summed E-state index contributed by atoms with van der Waals surface area (Å²) in [5, 5.41) is 0. The number of amides is 1. The second-order valence-corrected chi connectivity index (χ2v) is 5.42. The Balaban J connectivity index is 2.00. The molecule has 23 heavy (non-hydrogen) atoms. The highest BCUT2D eigenvalue weighted by Gasteiger charge is 2.29. The summed E-state index contributed by atoms with van der Waals surface area (Å²) in [6, 6.07) is 3.68. The van der Waals surface area contributed by atoms with E-state index in [9.17, 15) is 14.4 Å². The van der Waals surface area contributed by atoms with Crippen LogP contribution in [-0.2, 0) is 27.3 Å². The number of rotatable bonds is 1. The summed E-state index contributed by atoms with van der Waals surface area (Å²) in [6.07, 6.45) is 2.10. The van der Waals surface area contributed by atoms with Gasteiger partial charge in [0.1, 0.15) is 5.65 Å². The minimum Gasteiger partial charge on any atom is -0.459 e. The molecule has 120 valence electrons. The molecule has 1 amide bonds. The Bertz CT molecular complexity index is 856. The number of carbonyl (C=O) groups is 2. The van der Waals surface area contributed by atoms with Crippen molar-refractivity contribution in [1.29, 1.82) is 0 Å². The van der Waals surface area contributed by atoms with Crippen molar-refractivity contribution in [1.82, 2.24) is 14.3 Å². The van der Waals surface area contributed by atoms with Crippen molar-refractivity contribution in [2.24, 2.45) is 0 Å². The fourth-order valence-electron chi connectivity index (χ4n) is 2.75. The third kappa shape index (κ3) is 2.58. The van der Waals surface area contributed by atoms with Gasteiger partial charge in [-0.3, -0.25) is 14.0 Å². The topological polar surface area (TPSA) is 81.0 Å². The van der Waals surface area contributed by atoms with Crippen molar-refractivity contribution in [2.75, 3.05) is 13.2 Å². The highest BCUT2D eigenvalue weighted by Crippen LogP contribution is 2.16. The molecule has 0 saturated carbocycles. The molecule has 0 spiro atoms. The van der Waals surface area contributed by atoms with Gasteiger partial charge in [0.2, 0.25) is 0 Å². The Hall–Kier alpha value is -2.70. The van der Waals surface area contributed by atoms with Crippen LogP contribution in [-0.4, -0.2) is 39.3 Å². The summed E-state index contributed by atoms with van der Waals surface area (Å²) in [6.45, 7) is 4.10. The Morgan fingerprint density at radius 1 is 1.39 bits per heavy atom. The van der Waals surface area contributed by atoms with Gasteiger partial charge in [0.25, 0.3) is 5.56 Å². The second kappa shape index (κ2) is 5.83. The summed E-state index contributed by atoms with van der Waals surface area (Å²) in [5.41, 5.74) is 2.49. The Morgan fingerprint density at radius 3 is 2.91 bits per heavy atom. The van der Waals surface area contributed by atoms with Crippen LogP contribution in [0.4, 0.5) is 0 Å². The number of fused-ring (bicyclic) bond motifs is 2. The van der Waals surface area contributed by atoms with Crippen LogP contribution in [0.1, 0.15) is 23.7 Å². The molecule has 3 rings (SSSR count). The number of ether oxygens (including phenoxy) is 1. The first-order valence-electron chi connectivity index (χ1n) is 7.48. The number of pyridine rings is 1. The van der Waals surface area contributed by atoms with E-state index in [1.54, 1.807) is 19.2 Å². The molecule has 2 aromatic rings. The van der Waals surface area contributed by atoms with Crippen LogP contribution in [0, 0.1) is 6.92 Å². The van der Waals surface area contributed by atoms with Gasteiger partial charge in [0.15, 0.2) is 0 Å². The highest BCUT2D eigenvalue weighted by molar-refractivity contribution is 6.32. The molecule has 1 aliphatic rings. The first-order chi connectivity index (χ1) is 11.0. The van der Waals surface area contributed by atoms with E-state index in [1.165, 1.54) is 9.30 Å². The van der Waals surface area contributed by atoms with Crippen molar-refractivity contribution in [2.45, 2.75) is 26.8 Å². The molecular formula is C16H17N3O4. The van der Waals surface area contributed by atoms with Crippen molar-refractivity contribution in [3.63, 3.8) is 0 Å². The lowest BCUT2D eigenvalue weighted by molar-refractivity contribution is -0.160. The maximum atomic E-state index is 12.7. The van der Waals surface area contributed by atoms with E-state index in [4.69, 9.17) is 4.74 Å². The van der Waals surface area contributed by atoms with E-state index < -0.39 is 11.9 Å².